The fourth-order valence-corrected chi connectivity index (χ4v) is 2.67. The number of hydrogen-bond donors (Lipinski definition) is 1. The highest BCUT2D eigenvalue weighted by atomic mass is 16.5. The molecule has 2 aromatic carbocycles. The molecule has 1 aromatic heterocycles. The van der Waals surface area contributed by atoms with Crippen molar-refractivity contribution in [1.82, 2.24) is 0 Å². The summed E-state index contributed by atoms with van der Waals surface area (Å²) in [5, 5.41) is 10.9. The summed E-state index contributed by atoms with van der Waals surface area (Å²) < 4.78 is 15.1. The number of aromatic hydroxyl groups is 1. The second-order valence-corrected chi connectivity index (χ2v) is 5.42. The molecule has 0 aliphatic carbocycles. The first kappa shape index (κ1) is 16.6. The van der Waals surface area contributed by atoms with Crippen LogP contribution < -0.4 is 10.4 Å². The van der Waals surface area contributed by atoms with Crippen LogP contribution >= 0.6 is 0 Å². The highest BCUT2D eigenvalue weighted by molar-refractivity contribution is 5.92. The molecule has 0 saturated carbocycles. The molecule has 3 aromatic rings. The van der Waals surface area contributed by atoms with Crippen LogP contribution in [0.25, 0.3) is 11.0 Å². The monoisotopic (exact) mass is 340 g/mol. The predicted molar refractivity (Wildman–Crippen MR) is 91.3 cm³/mol. The molecule has 3 rings (SSSR count). The van der Waals surface area contributed by atoms with Crippen LogP contribution in [-0.4, -0.2) is 25.3 Å². The molecule has 0 bridgehead atoms. The van der Waals surface area contributed by atoms with Gasteiger partial charge < -0.3 is 19.0 Å². The van der Waals surface area contributed by atoms with Crippen LogP contribution in [0, 0.1) is 0 Å². The van der Waals surface area contributed by atoms with Crippen LogP contribution in [0.15, 0.2) is 51.7 Å². The SMILES string of the molecule is COC(=O)c1cc(Cc2c(O)c3ccccc3oc2=O)ccc1OC. The average molecular weight is 340 g/mol. The minimum absolute atomic E-state index is 0.104. The zero-order valence-electron chi connectivity index (χ0n) is 13.7. The average Bonchev–Trinajstić information content (AvgIpc) is 2.64. The Bertz CT molecular complexity index is 1000. The van der Waals surface area contributed by atoms with E-state index < -0.39 is 11.6 Å². The van der Waals surface area contributed by atoms with Crippen molar-refractivity contribution in [2.24, 2.45) is 0 Å². The van der Waals surface area contributed by atoms with Crippen LogP contribution in [0.5, 0.6) is 11.5 Å². The summed E-state index contributed by atoms with van der Waals surface area (Å²) in [6.45, 7) is 0. The number of ether oxygens (including phenoxy) is 2. The van der Waals surface area contributed by atoms with Gasteiger partial charge in [-0.2, -0.15) is 0 Å². The van der Waals surface area contributed by atoms with E-state index in [4.69, 9.17) is 13.9 Å². The number of carbonyl (C=O) groups is 1. The van der Waals surface area contributed by atoms with E-state index in [0.717, 1.165) is 0 Å². The third kappa shape index (κ3) is 3.06. The maximum atomic E-state index is 12.2. The molecule has 0 atom stereocenters. The number of para-hydroxylation sites is 1. The van der Waals surface area contributed by atoms with Crippen molar-refractivity contribution in [2.75, 3.05) is 14.2 Å². The van der Waals surface area contributed by atoms with Gasteiger partial charge >= 0.3 is 11.6 Å². The molecule has 6 nitrogen and oxygen atoms in total. The van der Waals surface area contributed by atoms with Gasteiger partial charge in [-0.3, -0.25) is 0 Å². The van der Waals surface area contributed by atoms with Crippen molar-refractivity contribution in [3.8, 4) is 11.5 Å². The molecular weight excluding hydrogens is 324 g/mol. The van der Waals surface area contributed by atoms with E-state index in [-0.39, 0.29) is 23.3 Å². The molecule has 6 heteroatoms. The molecule has 128 valence electrons. The molecule has 0 aliphatic rings. The van der Waals surface area contributed by atoms with Crippen LogP contribution in [0.1, 0.15) is 21.5 Å². The summed E-state index contributed by atoms with van der Waals surface area (Å²) >= 11 is 0. The Morgan fingerprint density at radius 3 is 2.64 bits per heavy atom. The topological polar surface area (TPSA) is 86.0 Å². The van der Waals surface area contributed by atoms with Crippen LogP contribution in [-0.2, 0) is 11.2 Å². The fraction of sp³-hybridized carbons (Fsp3) is 0.158. The van der Waals surface area contributed by atoms with Gasteiger partial charge in [0.15, 0.2) is 0 Å². The Hall–Kier alpha value is -3.28. The second-order valence-electron chi connectivity index (χ2n) is 5.42. The van der Waals surface area contributed by atoms with E-state index in [1.54, 1.807) is 42.5 Å². The fourth-order valence-electron chi connectivity index (χ4n) is 2.67. The van der Waals surface area contributed by atoms with E-state index in [9.17, 15) is 14.7 Å². The standard InChI is InChI=1S/C19H16O6/c1-23-15-8-7-11(9-13(15)18(21)24-2)10-14-17(20)12-5-3-4-6-16(12)25-19(14)22/h3-9,20H,10H2,1-2H3. The van der Waals surface area contributed by atoms with Gasteiger partial charge in [0.25, 0.3) is 0 Å². The minimum Gasteiger partial charge on any atom is -0.507 e. The van der Waals surface area contributed by atoms with E-state index in [0.29, 0.717) is 22.3 Å². The lowest BCUT2D eigenvalue weighted by Crippen LogP contribution is -2.10. The summed E-state index contributed by atoms with van der Waals surface area (Å²) in [6, 6.07) is 11.6. The highest BCUT2D eigenvalue weighted by Crippen LogP contribution is 2.29. The molecule has 25 heavy (non-hydrogen) atoms. The summed E-state index contributed by atoms with van der Waals surface area (Å²) in [4.78, 5) is 24.1. The maximum Gasteiger partial charge on any atom is 0.343 e. The van der Waals surface area contributed by atoms with Crippen LogP contribution in [0.4, 0.5) is 0 Å². The first-order valence-electron chi connectivity index (χ1n) is 7.54. The second kappa shape index (κ2) is 6.68. The predicted octanol–water partition coefficient (Wildman–Crippen LogP) is 2.88. The first-order chi connectivity index (χ1) is 12.0. The van der Waals surface area contributed by atoms with Crippen molar-refractivity contribution < 1.29 is 23.8 Å². The zero-order chi connectivity index (χ0) is 18.0. The number of rotatable bonds is 4. The van der Waals surface area contributed by atoms with Crippen molar-refractivity contribution in [2.45, 2.75) is 6.42 Å². The lowest BCUT2D eigenvalue weighted by molar-refractivity contribution is 0.0597. The van der Waals surface area contributed by atoms with Crippen molar-refractivity contribution in [3.05, 3.63) is 69.6 Å². The molecule has 0 aliphatic heterocycles. The van der Waals surface area contributed by atoms with Crippen LogP contribution in [0.2, 0.25) is 0 Å². The van der Waals surface area contributed by atoms with E-state index in [1.807, 2.05) is 0 Å². The molecule has 1 N–H and O–H groups in total. The summed E-state index contributed by atoms with van der Waals surface area (Å²) in [6.07, 6.45) is 0.104. The van der Waals surface area contributed by atoms with Crippen molar-refractivity contribution in [3.63, 3.8) is 0 Å². The van der Waals surface area contributed by atoms with Gasteiger partial charge in [0.05, 0.1) is 25.2 Å². The number of fused-ring (bicyclic) bond motifs is 1. The van der Waals surface area contributed by atoms with Gasteiger partial charge in [0.2, 0.25) is 0 Å². The number of carbonyl (C=O) groups excluding carboxylic acids is 1. The summed E-state index contributed by atoms with van der Waals surface area (Å²) in [7, 11) is 2.73. The van der Waals surface area contributed by atoms with Gasteiger partial charge in [-0.15, -0.1) is 0 Å². The molecule has 0 spiro atoms. The first-order valence-corrected chi connectivity index (χ1v) is 7.54. The lowest BCUT2D eigenvalue weighted by Gasteiger charge is -2.10. The van der Waals surface area contributed by atoms with Gasteiger partial charge in [-0.1, -0.05) is 18.2 Å². The largest absolute Gasteiger partial charge is 0.507 e. The number of benzene rings is 2. The highest BCUT2D eigenvalue weighted by Gasteiger charge is 2.17. The lowest BCUT2D eigenvalue weighted by atomic mass is 10.0. The van der Waals surface area contributed by atoms with Crippen molar-refractivity contribution in [1.29, 1.82) is 0 Å². The zero-order valence-corrected chi connectivity index (χ0v) is 13.7. The van der Waals surface area contributed by atoms with Gasteiger partial charge in [0.1, 0.15) is 22.6 Å². The van der Waals surface area contributed by atoms with E-state index in [1.165, 1.54) is 14.2 Å². The molecule has 0 fully saturated rings. The van der Waals surface area contributed by atoms with Crippen molar-refractivity contribution >= 4 is 16.9 Å². The van der Waals surface area contributed by atoms with Gasteiger partial charge in [-0.25, -0.2) is 9.59 Å². The number of hydrogen-bond acceptors (Lipinski definition) is 6. The third-order valence-electron chi connectivity index (χ3n) is 3.93. The third-order valence-corrected chi connectivity index (χ3v) is 3.93. The Kier molecular flexibility index (Phi) is 4.43. The Morgan fingerprint density at radius 1 is 1.16 bits per heavy atom. The maximum absolute atomic E-state index is 12.2. The molecule has 0 amide bonds. The van der Waals surface area contributed by atoms with Gasteiger partial charge in [-0.05, 0) is 29.8 Å². The number of methoxy groups -OCH3 is 2. The molecular formula is C19H16O6. The van der Waals surface area contributed by atoms with Crippen LogP contribution in [0.3, 0.4) is 0 Å². The summed E-state index contributed by atoms with van der Waals surface area (Å²) in [5.41, 5.74) is 0.705. The molecule has 0 radical (unpaired) electrons. The molecule has 0 unspecified atom stereocenters. The molecule has 0 saturated heterocycles. The Balaban J connectivity index is 2.07. The molecule has 1 heterocycles. The van der Waals surface area contributed by atoms with E-state index in [2.05, 4.69) is 0 Å². The Morgan fingerprint density at radius 2 is 1.92 bits per heavy atom. The number of esters is 1. The smallest absolute Gasteiger partial charge is 0.343 e. The summed E-state index contributed by atoms with van der Waals surface area (Å²) in [5.74, 6) is -0.305. The van der Waals surface area contributed by atoms with Gasteiger partial charge in [0, 0.05) is 6.42 Å². The quantitative estimate of drug-likeness (QED) is 0.580. The van der Waals surface area contributed by atoms with E-state index >= 15 is 0 Å². The Labute approximate surface area is 143 Å². The normalized spacial score (nSPS) is 10.6. The minimum atomic E-state index is -0.619.